The van der Waals surface area contributed by atoms with Crippen molar-refractivity contribution in [2.24, 2.45) is 0 Å². The molecule has 0 radical (unpaired) electrons. The van der Waals surface area contributed by atoms with Gasteiger partial charge in [-0.2, -0.15) is 23.2 Å². The molecule has 2 aromatic heterocycles. The van der Waals surface area contributed by atoms with Crippen LogP contribution in [0.1, 0.15) is 77.7 Å². The van der Waals surface area contributed by atoms with Crippen LogP contribution in [0, 0.1) is 0 Å². The Kier molecular flexibility index (Phi) is 7.40. The summed E-state index contributed by atoms with van der Waals surface area (Å²) in [5.74, 6) is -1.59. The van der Waals surface area contributed by atoms with Crippen molar-refractivity contribution >= 4 is 5.97 Å². The minimum Gasteiger partial charge on any atom is -0.470 e. The molecule has 4 aromatic rings. The standard InChI is InChI=1S/C30H24F5N3O6/c1-16-8-10-22(43-44-28(39)18-6-4-3-5-7-18)26-25(16)27(29(31,32)33)37-38(26)20-12-13-36-24(15-20)40-17(2)19-9-11-21-23(14-19)42-30(34,35)41-21/h3-7,9,11-17,22H,8,10H2,1-2H3/t16?,17-,22?/m1/s1. The molecule has 230 valence electrons. The molecule has 9 nitrogen and oxygen atoms in total. The van der Waals surface area contributed by atoms with E-state index in [9.17, 15) is 26.7 Å². The molecule has 2 unspecified atom stereocenters. The molecule has 0 bridgehead atoms. The van der Waals surface area contributed by atoms with Crippen molar-refractivity contribution in [1.29, 1.82) is 0 Å². The first-order chi connectivity index (χ1) is 20.9. The average Bonchev–Trinajstić information content (AvgIpc) is 3.55. The minimum absolute atomic E-state index is 0.0210. The first-order valence-corrected chi connectivity index (χ1v) is 13.5. The Morgan fingerprint density at radius 2 is 1.80 bits per heavy atom. The number of fused-ring (bicyclic) bond motifs is 2. The van der Waals surface area contributed by atoms with Crippen molar-refractivity contribution in [3.05, 3.63) is 94.9 Å². The second kappa shape index (κ2) is 11.1. The van der Waals surface area contributed by atoms with Gasteiger partial charge in [-0.15, -0.1) is 8.78 Å². The zero-order valence-corrected chi connectivity index (χ0v) is 23.2. The van der Waals surface area contributed by atoms with Crippen LogP contribution in [0.5, 0.6) is 17.4 Å². The molecule has 44 heavy (non-hydrogen) atoms. The number of rotatable bonds is 7. The first kappa shape index (κ1) is 29.4. The molecule has 0 saturated carbocycles. The van der Waals surface area contributed by atoms with Crippen LogP contribution in [0.4, 0.5) is 22.0 Å². The summed E-state index contributed by atoms with van der Waals surface area (Å²) in [6.07, 6.45) is -8.42. The third-order valence-corrected chi connectivity index (χ3v) is 7.29. The van der Waals surface area contributed by atoms with E-state index < -0.39 is 42.3 Å². The second-order valence-electron chi connectivity index (χ2n) is 10.3. The van der Waals surface area contributed by atoms with Gasteiger partial charge >= 0.3 is 18.4 Å². The van der Waals surface area contributed by atoms with E-state index in [1.54, 1.807) is 32.0 Å². The van der Waals surface area contributed by atoms with Crippen LogP contribution in [-0.2, 0) is 16.0 Å². The number of ether oxygens (including phenoxy) is 3. The molecule has 0 amide bonds. The summed E-state index contributed by atoms with van der Waals surface area (Å²) in [4.78, 5) is 27.2. The minimum atomic E-state index is -4.77. The van der Waals surface area contributed by atoms with Gasteiger partial charge in [-0.1, -0.05) is 31.2 Å². The highest BCUT2D eigenvalue weighted by Crippen LogP contribution is 2.47. The fourth-order valence-corrected chi connectivity index (χ4v) is 5.21. The highest BCUT2D eigenvalue weighted by atomic mass is 19.4. The van der Waals surface area contributed by atoms with Crippen LogP contribution >= 0.6 is 0 Å². The Morgan fingerprint density at radius 1 is 1.05 bits per heavy atom. The lowest BCUT2D eigenvalue weighted by Crippen LogP contribution is -2.25. The van der Waals surface area contributed by atoms with E-state index in [4.69, 9.17) is 14.5 Å². The van der Waals surface area contributed by atoms with Gasteiger partial charge in [0, 0.05) is 17.8 Å². The predicted molar refractivity (Wildman–Crippen MR) is 141 cm³/mol. The van der Waals surface area contributed by atoms with E-state index in [0.717, 1.165) is 4.68 Å². The molecule has 0 fully saturated rings. The number of halogens is 5. The Labute approximate surface area is 247 Å². The number of pyridine rings is 1. The Balaban J connectivity index is 1.30. The molecule has 6 rings (SSSR count). The maximum absolute atomic E-state index is 14.2. The first-order valence-electron chi connectivity index (χ1n) is 13.5. The van der Waals surface area contributed by atoms with Crippen molar-refractivity contribution < 1.29 is 50.7 Å². The van der Waals surface area contributed by atoms with Crippen molar-refractivity contribution in [1.82, 2.24) is 14.8 Å². The van der Waals surface area contributed by atoms with E-state index in [1.165, 1.54) is 48.7 Å². The second-order valence-corrected chi connectivity index (χ2v) is 10.3. The molecule has 0 N–H and O–H groups in total. The van der Waals surface area contributed by atoms with Crippen molar-refractivity contribution in [2.45, 2.75) is 57.3 Å². The van der Waals surface area contributed by atoms with E-state index in [1.807, 2.05) is 0 Å². The molecule has 14 heteroatoms. The van der Waals surface area contributed by atoms with Gasteiger partial charge in [0.25, 0.3) is 0 Å². The number of alkyl halides is 5. The number of benzene rings is 2. The number of aromatic nitrogens is 3. The molecule has 1 aliphatic carbocycles. The highest BCUT2D eigenvalue weighted by molar-refractivity contribution is 5.88. The van der Waals surface area contributed by atoms with Crippen molar-refractivity contribution in [3.8, 4) is 23.1 Å². The highest BCUT2D eigenvalue weighted by Gasteiger charge is 2.45. The lowest BCUT2D eigenvalue weighted by Gasteiger charge is -2.27. The van der Waals surface area contributed by atoms with Crippen LogP contribution in [0.3, 0.4) is 0 Å². The summed E-state index contributed by atoms with van der Waals surface area (Å²) in [6.45, 7) is 3.30. The molecular formula is C30H24F5N3O6. The van der Waals surface area contributed by atoms with E-state index in [-0.39, 0.29) is 46.3 Å². The molecule has 3 atom stereocenters. The number of hydrogen-bond acceptors (Lipinski definition) is 8. The SMILES string of the molecule is CC1CCC(OOC(=O)c2ccccc2)c2c1c(C(F)(F)F)nn2-c1ccnc(O[C@H](C)c2ccc3c(c2)OC(F)(F)O3)c1. The van der Waals surface area contributed by atoms with E-state index in [2.05, 4.69) is 19.6 Å². The Morgan fingerprint density at radius 3 is 2.55 bits per heavy atom. The molecule has 2 aromatic carbocycles. The monoisotopic (exact) mass is 617 g/mol. The van der Waals surface area contributed by atoms with Crippen LogP contribution in [0.25, 0.3) is 5.69 Å². The smallest absolute Gasteiger partial charge is 0.470 e. The van der Waals surface area contributed by atoms with Crippen LogP contribution in [0.2, 0.25) is 0 Å². The lowest BCUT2D eigenvalue weighted by molar-refractivity contribution is -0.286. The summed E-state index contributed by atoms with van der Waals surface area (Å²) in [5, 5.41) is 3.94. The summed E-state index contributed by atoms with van der Waals surface area (Å²) >= 11 is 0. The number of carbonyl (C=O) groups is 1. The summed E-state index contributed by atoms with van der Waals surface area (Å²) < 4.78 is 85.4. The van der Waals surface area contributed by atoms with Gasteiger partial charge in [0.2, 0.25) is 5.88 Å². The van der Waals surface area contributed by atoms with E-state index in [0.29, 0.717) is 12.0 Å². The van der Waals surface area contributed by atoms with Crippen molar-refractivity contribution in [2.75, 3.05) is 0 Å². The molecular weight excluding hydrogens is 593 g/mol. The maximum atomic E-state index is 14.2. The van der Waals surface area contributed by atoms with Gasteiger partial charge in [-0.05, 0) is 61.6 Å². The largest absolute Gasteiger partial charge is 0.586 e. The van der Waals surface area contributed by atoms with Crippen LogP contribution in [0.15, 0.2) is 66.9 Å². The van der Waals surface area contributed by atoms with E-state index >= 15 is 0 Å². The number of carbonyl (C=O) groups excluding carboxylic acids is 1. The fourth-order valence-electron chi connectivity index (χ4n) is 5.21. The Hall–Kier alpha value is -4.72. The molecule has 1 aliphatic heterocycles. The molecule has 3 heterocycles. The molecule has 0 saturated heterocycles. The lowest BCUT2D eigenvalue weighted by atomic mass is 9.84. The maximum Gasteiger partial charge on any atom is 0.586 e. The van der Waals surface area contributed by atoms with Gasteiger partial charge in [0.05, 0.1) is 16.9 Å². The number of nitrogens with zero attached hydrogens (tertiary/aromatic N) is 3. The molecule has 2 aliphatic rings. The van der Waals surface area contributed by atoms with Gasteiger partial charge in [0.1, 0.15) is 12.2 Å². The van der Waals surface area contributed by atoms with Gasteiger partial charge < -0.3 is 14.2 Å². The summed E-state index contributed by atoms with van der Waals surface area (Å²) in [6, 6.07) is 15.0. The van der Waals surface area contributed by atoms with Gasteiger partial charge in [-0.25, -0.2) is 14.5 Å². The summed E-state index contributed by atoms with van der Waals surface area (Å²) in [5.41, 5.74) is -0.213. The van der Waals surface area contributed by atoms with Crippen molar-refractivity contribution in [3.63, 3.8) is 0 Å². The molecule has 0 spiro atoms. The number of hydrogen-bond donors (Lipinski definition) is 0. The quantitative estimate of drug-likeness (QED) is 0.120. The summed E-state index contributed by atoms with van der Waals surface area (Å²) in [7, 11) is 0. The fraction of sp³-hybridized carbons (Fsp3) is 0.300. The third-order valence-electron chi connectivity index (χ3n) is 7.29. The zero-order valence-electron chi connectivity index (χ0n) is 23.2. The normalized spacial score (nSPS) is 19.2. The average molecular weight is 618 g/mol. The topological polar surface area (TPSA) is 93.9 Å². The zero-order chi connectivity index (χ0) is 31.2. The predicted octanol–water partition coefficient (Wildman–Crippen LogP) is 7.47. The van der Waals surface area contributed by atoms with Gasteiger partial charge in [0.15, 0.2) is 17.2 Å². The third kappa shape index (κ3) is 5.76. The van der Waals surface area contributed by atoms with Crippen LogP contribution < -0.4 is 14.2 Å². The Bertz CT molecular complexity index is 1690. The van der Waals surface area contributed by atoms with Crippen LogP contribution in [-0.4, -0.2) is 27.0 Å². The van der Waals surface area contributed by atoms with Gasteiger partial charge in [-0.3, -0.25) is 4.89 Å².